The number of primary amides is 2. The standard InChI is InChI=1S/C41H53N9O10/c1-44-30(20-25-10-11-27-8-4-5-9-28(27)19-25)38(56)49-41(14-17-60-18-15-41)40(58)48-29(12-13-35(53)59-3)36(54)46-31(22-33(42)51)37(55)47-32(21-26-7-6-16-45-23-26)39(57)50(2)24-34(43)52/h4-11,16,19,23,29-32,44H,12-15,17-18,20-22,24H2,1-3H3,(H2,42,51)(H2,43,52)(H,46,54)(H,47,55)(H,48,58)(H,49,56)/t29-,30-,31-,32-/m0/s1. The van der Waals surface area contributed by atoms with E-state index in [1.165, 1.54) is 19.4 Å². The van der Waals surface area contributed by atoms with Gasteiger partial charge in [0, 0.05) is 58.3 Å². The molecule has 1 aliphatic rings. The molecular formula is C41H53N9O10. The van der Waals surface area contributed by atoms with Crippen LogP contribution >= 0.6 is 0 Å². The minimum atomic E-state index is -1.67. The number of methoxy groups -OCH3 is 1. The Morgan fingerprint density at radius 2 is 1.47 bits per heavy atom. The molecule has 1 saturated heterocycles. The summed E-state index contributed by atoms with van der Waals surface area (Å²) in [5, 5.41) is 15.6. The van der Waals surface area contributed by atoms with E-state index in [4.69, 9.17) is 20.9 Å². The van der Waals surface area contributed by atoms with E-state index in [0.717, 1.165) is 28.3 Å². The maximum atomic E-state index is 14.3. The smallest absolute Gasteiger partial charge is 0.305 e. The van der Waals surface area contributed by atoms with E-state index < -0.39 is 90.0 Å². The summed E-state index contributed by atoms with van der Waals surface area (Å²) in [5.74, 6) is -6.40. The van der Waals surface area contributed by atoms with E-state index in [2.05, 4.69) is 31.6 Å². The van der Waals surface area contributed by atoms with Crippen LogP contribution < -0.4 is 38.1 Å². The molecule has 1 aromatic heterocycles. The van der Waals surface area contributed by atoms with Crippen molar-refractivity contribution >= 4 is 58.1 Å². The number of ether oxygens (including phenoxy) is 2. The van der Waals surface area contributed by atoms with Crippen molar-refractivity contribution in [1.82, 2.24) is 36.5 Å². The highest BCUT2D eigenvalue weighted by atomic mass is 16.5. The number of aromatic nitrogens is 1. The van der Waals surface area contributed by atoms with Gasteiger partial charge in [-0.05, 0) is 47.9 Å². The summed E-state index contributed by atoms with van der Waals surface area (Å²) in [6, 6.07) is 11.7. The van der Waals surface area contributed by atoms with Gasteiger partial charge in [-0.15, -0.1) is 0 Å². The van der Waals surface area contributed by atoms with Gasteiger partial charge in [0.2, 0.25) is 41.4 Å². The number of likely N-dealkylation sites (N-methyl/N-ethyl adjacent to an activating group) is 2. The van der Waals surface area contributed by atoms with Crippen LogP contribution in [0, 0.1) is 0 Å². The Hall–Kier alpha value is -6.47. The van der Waals surface area contributed by atoms with Crippen molar-refractivity contribution < 1.29 is 47.8 Å². The van der Waals surface area contributed by atoms with Crippen LogP contribution in [0.15, 0.2) is 67.0 Å². The van der Waals surface area contributed by atoms with Gasteiger partial charge in [-0.1, -0.05) is 48.5 Å². The minimum absolute atomic E-state index is 0.0472. The number of benzene rings is 2. The third kappa shape index (κ3) is 13.3. The van der Waals surface area contributed by atoms with Crippen molar-refractivity contribution in [3.8, 4) is 0 Å². The maximum Gasteiger partial charge on any atom is 0.305 e. The first kappa shape index (κ1) is 46.2. The fourth-order valence-electron chi connectivity index (χ4n) is 6.80. The zero-order chi connectivity index (χ0) is 43.8. The molecule has 0 spiro atoms. The molecule has 0 saturated carbocycles. The molecule has 7 amide bonds. The van der Waals surface area contributed by atoms with Gasteiger partial charge >= 0.3 is 5.97 Å². The molecule has 4 atom stereocenters. The van der Waals surface area contributed by atoms with E-state index in [1.54, 1.807) is 19.2 Å². The first-order chi connectivity index (χ1) is 28.6. The molecule has 4 rings (SSSR count). The molecule has 0 unspecified atom stereocenters. The number of fused-ring (bicyclic) bond motifs is 1. The number of pyridine rings is 1. The molecule has 2 aromatic carbocycles. The van der Waals surface area contributed by atoms with Gasteiger partial charge in [0.15, 0.2) is 0 Å². The molecule has 3 aromatic rings. The average Bonchev–Trinajstić information content (AvgIpc) is 3.23. The largest absolute Gasteiger partial charge is 0.469 e. The number of carbonyl (C=O) groups excluding carboxylic acids is 8. The van der Waals surface area contributed by atoms with Crippen LogP contribution in [0.4, 0.5) is 0 Å². The lowest BCUT2D eigenvalue weighted by molar-refractivity contribution is -0.143. The van der Waals surface area contributed by atoms with Gasteiger partial charge in [-0.25, -0.2) is 0 Å². The summed E-state index contributed by atoms with van der Waals surface area (Å²) in [6.07, 6.45) is 1.90. The average molecular weight is 832 g/mol. The van der Waals surface area contributed by atoms with Crippen LogP contribution in [0.2, 0.25) is 0 Å². The molecule has 60 heavy (non-hydrogen) atoms. The van der Waals surface area contributed by atoms with E-state index >= 15 is 0 Å². The number of carbonyl (C=O) groups is 8. The second-order valence-electron chi connectivity index (χ2n) is 14.6. The quantitative estimate of drug-likeness (QED) is 0.0605. The van der Waals surface area contributed by atoms with E-state index in [0.29, 0.717) is 12.0 Å². The maximum absolute atomic E-state index is 14.3. The van der Waals surface area contributed by atoms with Gasteiger partial charge in [-0.2, -0.15) is 0 Å². The second kappa shape index (κ2) is 22.1. The summed E-state index contributed by atoms with van der Waals surface area (Å²) in [7, 11) is 4.09. The lowest BCUT2D eigenvalue weighted by atomic mass is 9.87. The fraction of sp³-hybridized carbons (Fsp3) is 0.439. The molecule has 1 fully saturated rings. The second-order valence-corrected chi connectivity index (χ2v) is 14.6. The first-order valence-electron chi connectivity index (χ1n) is 19.4. The SMILES string of the molecule is CN[C@@H](Cc1ccc2ccccc2c1)C(=O)NC1(C(=O)N[C@@H](CCC(=O)OC)C(=O)N[C@@H](CC(N)=O)C(=O)N[C@@H](Cc2cccnc2)C(=O)N(C)CC(N)=O)CCOCC1. The molecule has 9 N–H and O–H groups in total. The number of nitrogens with zero attached hydrogens (tertiary/aromatic N) is 2. The molecule has 19 heteroatoms. The Morgan fingerprint density at radius 1 is 0.800 bits per heavy atom. The van der Waals surface area contributed by atoms with Crippen LogP contribution in [0.3, 0.4) is 0 Å². The first-order valence-corrected chi connectivity index (χ1v) is 19.4. The van der Waals surface area contributed by atoms with Crippen LogP contribution in [-0.2, 0) is 60.7 Å². The summed E-state index contributed by atoms with van der Waals surface area (Å²) in [5.41, 5.74) is 10.6. The number of rotatable bonds is 21. The van der Waals surface area contributed by atoms with Gasteiger partial charge < -0.3 is 52.4 Å². The Bertz CT molecular complexity index is 2030. The zero-order valence-corrected chi connectivity index (χ0v) is 33.9. The van der Waals surface area contributed by atoms with Crippen molar-refractivity contribution in [2.24, 2.45) is 11.5 Å². The Labute approximate surface area is 347 Å². The predicted molar refractivity (Wildman–Crippen MR) is 217 cm³/mol. The molecule has 2 heterocycles. The van der Waals surface area contributed by atoms with Gasteiger partial charge in [-0.3, -0.25) is 43.3 Å². The monoisotopic (exact) mass is 831 g/mol. The third-order valence-corrected chi connectivity index (χ3v) is 10.1. The van der Waals surface area contributed by atoms with Crippen molar-refractivity contribution in [1.29, 1.82) is 0 Å². The normalized spacial score (nSPS) is 15.2. The van der Waals surface area contributed by atoms with Crippen molar-refractivity contribution in [3.63, 3.8) is 0 Å². The molecular weight excluding hydrogens is 779 g/mol. The number of hydrogen-bond donors (Lipinski definition) is 7. The Kier molecular flexibility index (Phi) is 17.0. The van der Waals surface area contributed by atoms with Crippen molar-refractivity contribution in [2.45, 2.75) is 74.7 Å². The molecule has 322 valence electrons. The predicted octanol–water partition coefficient (Wildman–Crippen LogP) is -1.50. The highest BCUT2D eigenvalue weighted by molar-refractivity contribution is 5.99. The Morgan fingerprint density at radius 3 is 2.10 bits per heavy atom. The van der Waals surface area contributed by atoms with Crippen LogP contribution in [-0.4, -0.2) is 128 Å². The number of nitrogens with two attached hydrogens (primary N) is 2. The summed E-state index contributed by atoms with van der Waals surface area (Å²) < 4.78 is 10.3. The topological polar surface area (TPSA) is 283 Å². The van der Waals surface area contributed by atoms with Crippen LogP contribution in [0.1, 0.15) is 43.2 Å². The lowest BCUT2D eigenvalue weighted by Gasteiger charge is -2.38. The highest BCUT2D eigenvalue weighted by Crippen LogP contribution is 2.23. The molecule has 1 aliphatic heterocycles. The van der Waals surface area contributed by atoms with Gasteiger partial charge in [0.25, 0.3) is 0 Å². The molecule has 0 bridgehead atoms. The number of esters is 1. The summed E-state index contributed by atoms with van der Waals surface area (Å²) >= 11 is 0. The molecule has 19 nitrogen and oxygen atoms in total. The number of hydrogen-bond acceptors (Lipinski definition) is 12. The summed E-state index contributed by atoms with van der Waals surface area (Å²) in [6.45, 7) is -0.249. The van der Waals surface area contributed by atoms with Crippen LogP contribution in [0.25, 0.3) is 10.8 Å². The minimum Gasteiger partial charge on any atom is -0.469 e. The van der Waals surface area contributed by atoms with Gasteiger partial charge in [0.1, 0.15) is 23.7 Å². The van der Waals surface area contributed by atoms with Crippen molar-refractivity contribution in [3.05, 3.63) is 78.1 Å². The number of nitrogens with one attached hydrogen (secondary N) is 5. The Balaban J connectivity index is 1.55. The van der Waals surface area contributed by atoms with Crippen molar-refractivity contribution in [2.75, 3.05) is 41.0 Å². The van der Waals surface area contributed by atoms with Crippen LogP contribution in [0.5, 0.6) is 0 Å². The third-order valence-electron chi connectivity index (χ3n) is 10.1. The van der Waals surface area contributed by atoms with E-state index in [-0.39, 0.29) is 45.3 Å². The molecule has 0 radical (unpaired) electrons. The molecule has 0 aliphatic carbocycles. The highest BCUT2D eigenvalue weighted by Gasteiger charge is 2.44. The van der Waals surface area contributed by atoms with E-state index in [9.17, 15) is 38.4 Å². The lowest BCUT2D eigenvalue weighted by Crippen LogP contribution is -2.66. The van der Waals surface area contributed by atoms with E-state index in [1.807, 2.05) is 42.5 Å². The number of amides is 7. The van der Waals surface area contributed by atoms with Gasteiger partial charge in [0.05, 0.1) is 26.1 Å². The summed E-state index contributed by atoms with van der Waals surface area (Å²) in [4.78, 5) is 110. The zero-order valence-electron chi connectivity index (χ0n) is 33.9. The fourth-order valence-corrected chi connectivity index (χ4v) is 6.80.